The van der Waals surface area contributed by atoms with E-state index in [4.69, 9.17) is 5.73 Å². The maximum Gasteiger partial charge on any atom is 0.155 e. The summed E-state index contributed by atoms with van der Waals surface area (Å²) in [4.78, 5) is 4.28. The van der Waals surface area contributed by atoms with Crippen molar-refractivity contribution < 1.29 is 0 Å². The summed E-state index contributed by atoms with van der Waals surface area (Å²) in [5.41, 5.74) is 7.00. The average Bonchev–Trinajstić information content (AvgIpc) is 2.65. The zero-order valence-corrected chi connectivity index (χ0v) is 9.14. The van der Waals surface area contributed by atoms with E-state index >= 15 is 0 Å². The summed E-state index contributed by atoms with van der Waals surface area (Å²) in [6.07, 6.45) is 3.66. The molecule has 0 aromatic carbocycles. The number of hydrogen-bond acceptors (Lipinski definition) is 4. The molecule has 0 bridgehead atoms. The van der Waals surface area contributed by atoms with Crippen molar-refractivity contribution >= 4 is 5.57 Å². The molecule has 0 radical (unpaired) electrons. The van der Waals surface area contributed by atoms with Gasteiger partial charge in [-0.05, 0) is 13.8 Å². The Bertz CT molecular complexity index is 366. The molecule has 1 unspecified atom stereocenters. The Morgan fingerprint density at radius 1 is 1.60 bits per heavy atom. The van der Waals surface area contributed by atoms with Crippen LogP contribution in [-0.4, -0.2) is 33.9 Å². The quantitative estimate of drug-likeness (QED) is 0.725. The second kappa shape index (κ2) is 4.12. The lowest BCUT2D eigenvalue weighted by Crippen LogP contribution is -2.38. The summed E-state index contributed by atoms with van der Waals surface area (Å²) in [6, 6.07) is 0.396. The standard InChI is InChI=1S/C10H17N5/c1-7(2)15-10(13-6-14-15)8-3-9(11)5-12-4-8/h3,6-7,9,12H,4-5,11H2,1-2H3. The second-order valence-corrected chi connectivity index (χ2v) is 4.11. The minimum atomic E-state index is 0.0751. The topological polar surface area (TPSA) is 68.8 Å². The lowest BCUT2D eigenvalue weighted by molar-refractivity contribution is 0.521. The van der Waals surface area contributed by atoms with Crippen LogP contribution in [0, 0.1) is 0 Å². The van der Waals surface area contributed by atoms with E-state index in [-0.39, 0.29) is 6.04 Å². The van der Waals surface area contributed by atoms with Crippen LogP contribution < -0.4 is 11.1 Å². The van der Waals surface area contributed by atoms with E-state index in [1.54, 1.807) is 6.33 Å². The first-order valence-electron chi connectivity index (χ1n) is 5.25. The van der Waals surface area contributed by atoms with Gasteiger partial charge >= 0.3 is 0 Å². The predicted octanol–water partition coefficient (Wildman–Crippen LogP) is 0.173. The fraction of sp³-hybridized carbons (Fsp3) is 0.600. The summed E-state index contributed by atoms with van der Waals surface area (Å²) in [7, 11) is 0. The molecule has 5 heteroatoms. The van der Waals surface area contributed by atoms with Gasteiger partial charge in [-0.3, -0.25) is 0 Å². The Labute approximate surface area is 89.4 Å². The third kappa shape index (κ3) is 2.08. The van der Waals surface area contributed by atoms with E-state index in [0.717, 1.165) is 24.5 Å². The van der Waals surface area contributed by atoms with E-state index < -0.39 is 0 Å². The Balaban J connectivity index is 2.32. The number of nitrogens with two attached hydrogens (primary N) is 1. The van der Waals surface area contributed by atoms with Gasteiger partial charge in [0.15, 0.2) is 5.82 Å². The van der Waals surface area contributed by atoms with Crippen molar-refractivity contribution in [2.45, 2.75) is 25.9 Å². The van der Waals surface area contributed by atoms with Crippen molar-refractivity contribution in [2.75, 3.05) is 13.1 Å². The number of hydrogen-bond donors (Lipinski definition) is 2. The number of aromatic nitrogens is 3. The highest BCUT2D eigenvalue weighted by Gasteiger charge is 2.16. The smallest absolute Gasteiger partial charge is 0.155 e. The molecule has 3 N–H and O–H groups in total. The first kappa shape index (κ1) is 10.3. The van der Waals surface area contributed by atoms with Gasteiger partial charge in [0.25, 0.3) is 0 Å². The Morgan fingerprint density at radius 3 is 3.07 bits per heavy atom. The SMILES string of the molecule is CC(C)n1ncnc1C1=CC(N)CNC1. The number of rotatable bonds is 2. The zero-order chi connectivity index (χ0) is 10.8. The first-order valence-corrected chi connectivity index (χ1v) is 5.25. The first-order chi connectivity index (χ1) is 7.18. The van der Waals surface area contributed by atoms with Gasteiger partial charge in [-0.1, -0.05) is 6.08 Å². The maximum absolute atomic E-state index is 5.86. The van der Waals surface area contributed by atoms with Crippen LogP contribution in [0.15, 0.2) is 12.4 Å². The van der Waals surface area contributed by atoms with Gasteiger partial charge in [0.2, 0.25) is 0 Å². The van der Waals surface area contributed by atoms with Crippen molar-refractivity contribution in [1.29, 1.82) is 0 Å². The zero-order valence-electron chi connectivity index (χ0n) is 9.14. The highest BCUT2D eigenvalue weighted by atomic mass is 15.3. The molecule has 0 spiro atoms. The minimum absolute atomic E-state index is 0.0751. The van der Waals surface area contributed by atoms with E-state index in [9.17, 15) is 0 Å². The molecule has 1 aliphatic heterocycles. The summed E-state index contributed by atoms with van der Waals surface area (Å²) in [5.74, 6) is 0.924. The molecule has 2 rings (SSSR count). The van der Waals surface area contributed by atoms with Gasteiger partial charge in [0, 0.05) is 30.7 Å². The molecule has 82 valence electrons. The third-order valence-corrected chi connectivity index (χ3v) is 2.46. The van der Waals surface area contributed by atoms with Gasteiger partial charge in [-0.25, -0.2) is 9.67 Å². The average molecular weight is 207 g/mol. The van der Waals surface area contributed by atoms with Crippen molar-refractivity contribution in [2.24, 2.45) is 5.73 Å². The monoisotopic (exact) mass is 207 g/mol. The highest BCUT2D eigenvalue weighted by Crippen LogP contribution is 2.16. The Kier molecular flexibility index (Phi) is 2.83. The Morgan fingerprint density at radius 2 is 2.40 bits per heavy atom. The summed E-state index contributed by atoms with van der Waals surface area (Å²) in [6.45, 7) is 5.84. The lowest BCUT2D eigenvalue weighted by Gasteiger charge is -2.19. The van der Waals surface area contributed by atoms with Gasteiger partial charge in [0.1, 0.15) is 6.33 Å². The maximum atomic E-state index is 5.86. The van der Waals surface area contributed by atoms with E-state index in [0.29, 0.717) is 6.04 Å². The molecule has 2 heterocycles. The third-order valence-electron chi connectivity index (χ3n) is 2.46. The van der Waals surface area contributed by atoms with Crippen LogP contribution in [0.5, 0.6) is 0 Å². The largest absolute Gasteiger partial charge is 0.323 e. The highest BCUT2D eigenvalue weighted by molar-refractivity contribution is 5.63. The van der Waals surface area contributed by atoms with Crippen LogP contribution in [0.1, 0.15) is 25.7 Å². The molecule has 1 aromatic rings. The number of nitrogens with one attached hydrogen (secondary N) is 1. The molecule has 15 heavy (non-hydrogen) atoms. The van der Waals surface area contributed by atoms with E-state index in [2.05, 4.69) is 35.3 Å². The van der Waals surface area contributed by atoms with Crippen molar-refractivity contribution in [3.05, 3.63) is 18.2 Å². The van der Waals surface area contributed by atoms with Crippen LogP contribution in [0.4, 0.5) is 0 Å². The molecule has 1 atom stereocenters. The molecule has 1 aliphatic rings. The fourth-order valence-electron chi connectivity index (χ4n) is 1.76. The van der Waals surface area contributed by atoms with Gasteiger partial charge < -0.3 is 11.1 Å². The van der Waals surface area contributed by atoms with Crippen LogP contribution >= 0.6 is 0 Å². The van der Waals surface area contributed by atoms with Crippen LogP contribution in [0.25, 0.3) is 5.57 Å². The van der Waals surface area contributed by atoms with Crippen molar-refractivity contribution in [3.8, 4) is 0 Å². The van der Waals surface area contributed by atoms with Gasteiger partial charge in [0.05, 0.1) is 0 Å². The van der Waals surface area contributed by atoms with Crippen LogP contribution in [0.3, 0.4) is 0 Å². The van der Waals surface area contributed by atoms with Gasteiger partial charge in [-0.2, -0.15) is 5.10 Å². The predicted molar refractivity (Wildman–Crippen MR) is 59.2 cm³/mol. The molecule has 1 aromatic heterocycles. The van der Waals surface area contributed by atoms with E-state index in [1.807, 2.05) is 4.68 Å². The molecule has 0 aliphatic carbocycles. The van der Waals surface area contributed by atoms with Crippen molar-refractivity contribution in [1.82, 2.24) is 20.1 Å². The van der Waals surface area contributed by atoms with Gasteiger partial charge in [-0.15, -0.1) is 0 Å². The second-order valence-electron chi connectivity index (χ2n) is 4.11. The minimum Gasteiger partial charge on any atom is -0.323 e. The van der Waals surface area contributed by atoms with E-state index in [1.165, 1.54) is 0 Å². The molecule has 0 amide bonds. The summed E-state index contributed by atoms with van der Waals surface area (Å²) >= 11 is 0. The molecule has 5 nitrogen and oxygen atoms in total. The summed E-state index contributed by atoms with van der Waals surface area (Å²) < 4.78 is 1.92. The fourth-order valence-corrected chi connectivity index (χ4v) is 1.76. The molecule has 0 saturated carbocycles. The van der Waals surface area contributed by atoms with Crippen molar-refractivity contribution in [3.63, 3.8) is 0 Å². The van der Waals surface area contributed by atoms with Crippen LogP contribution in [0.2, 0.25) is 0 Å². The summed E-state index contributed by atoms with van der Waals surface area (Å²) in [5, 5.41) is 7.48. The number of nitrogens with zero attached hydrogens (tertiary/aromatic N) is 3. The molecular formula is C10H17N5. The molecule has 0 fully saturated rings. The molecule has 0 saturated heterocycles. The van der Waals surface area contributed by atoms with Crippen LogP contribution in [-0.2, 0) is 0 Å². The lowest BCUT2D eigenvalue weighted by atomic mass is 10.1. The molecular weight excluding hydrogens is 190 g/mol. The normalized spacial score (nSPS) is 21.9. The Hall–Kier alpha value is -1.20.